The van der Waals surface area contributed by atoms with Gasteiger partial charge in [0.1, 0.15) is 0 Å². The number of amides is 1. The third-order valence-corrected chi connectivity index (χ3v) is 5.09. The van der Waals surface area contributed by atoms with Crippen LogP contribution in [0.25, 0.3) is 10.2 Å². The van der Waals surface area contributed by atoms with E-state index in [0.29, 0.717) is 35.6 Å². The first kappa shape index (κ1) is 18.9. The van der Waals surface area contributed by atoms with Crippen molar-refractivity contribution in [3.63, 3.8) is 0 Å². The van der Waals surface area contributed by atoms with Gasteiger partial charge in [0.25, 0.3) is 11.6 Å². The molecule has 1 heterocycles. The van der Waals surface area contributed by atoms with Gasteiger partial charge in [-0.3, -0.25) is 14.9 Å². The van der Waals surface area contributed by atoms with E-state index in [1.54, 1.807) is 22.8 Å². The molecule has 1 amide bonds. The van der Waals surface area contributed by atoms with Crippen LogP contribution >= 0.6 is 11.3 Å². The molecule has 0 aliphatic rings. The largest absolute Gasteiger partial charge is 0.380 e. The topological polar surface area (TPSA) is 86.7 Å². The highest BCUT2D eigenvalue weighted by atomic mass is 32.1. The van der Waals surface area contributed by atoms with E-state index in [0.717, 1.165) is 10.3 Å². The average molecular weight is 385 g/mol. The maximum absolute atomic E-state index is 12.5. The zero-order valence-corrected chi connectivity index (χ0v) is 15.9. The number of fused-ring (bicyclic) bond motifs is 1. The minimum Gasteiger partial charge on any atom is -0.380 e. The van der Waals surface area contributed by atoms with Crippen molar-refractivity contribution in [1.82, 2.24) is 4.57 Å². The van der Waals surface area contributed by atoms with Crippen LogP contribution in [-0.2, 0) is 11.3 Å². The number of benzene rings is 2. The zero-order chi connectivity index (χ0) is 19.4. The number of hydrogen-bond donors (Lipinski definition) is 0. The minimum absolute atomic E-state index is 0.00173. The molecule has 0 fully saturated rings. The number of ether oxygens (including phenoxy) is 1. The number of non-ortho nitro benzene ring substituents is 1. The molecule has 3 rings (SSSR count). The van der Waals surface area contributed by atoms with Gasteiger partial charge in [-0.15, -0.1) is 0 Å². The molecule has 0 aliphatic heterocycles. The second kappa shape index (κ2) is 8.24. The number of nitrogens with zero attached hydrogens (tertiary/aromatic N) is 3. The number of aryl methyl sites for hydroxylation is 1. The van der Waals surface area contributed by atoms with Gasteiger partial charge < -0.3 is 9.30 Å². The first-order valence-electron chi connectivity index (χ1n) is 8.51. The van der Waals surface area contributed by atoms with Gasteiger partial charge in [-0.25, -0.2) is 0 Å². The summed E-state index contributed by atoms with van der Waals surface area (Å²) in [4.78, 5) is 28.0. The van der Waals surface area contributed by atoms with Crippen LogP contribution < -0.4 is 4.80 Å². The van der Waals surface area contributed by atoms with Crippen LogP contribution in [0.1, 0.15) is 22.8 Å². The lowest BCUT2D eigenvalue weighted by molar-refractivity contribution is -0.384. The summed E-state index contributed by atoms with van der Waals surface area (Å²) in [7, 11) is 0. The Morgan fingerprint density at radius 3 is 2.67 bits per heavy atom. The molecule has 7 nitrogen and oxygen atoms in total. The van der Waals surface area contributed by atoms with Gasteiger partial charge in [0.05, 0.1) is 21.7 Å². The summed E-state index contributed by atoms with van der Waals surface area (Å²) in [6.45, 7) is 5.29. The summed E-state index contributed by atoms with van der Waals surface area (Å²) in [6, 6.07) is 11.9. The van der Waals surface area contributed by atoms with E-state index in [2.05, 4.69) is 4.99 Å². The number of carbonyl (C=O) groups excluding carboxylic acids is 1. The van der Waals surface area contributed by atoms with Crippen molar-refractivity contribution in [2.75, 3.05) is 13.2 Å². The standard InChI is InChI=1S/C19H19N3O4S/c1-3-26-11-10-21-16-12-15(22(24)25)8-9-17(16)27-19(21)20-18(23)14-6-4-13(2)5-7-14/h4-9,12H,3,10-11H2,1-2H3. The zero-order valence-electron chi connectivity index (χ0n) is 15.0. The number of rotatable bonds is 6. The van der Waals surface area contributed by atoms with E-state index >= 15 is 0 Å². The molecule has 0 N–H and O–H groups in total. The molecule has 3 aromatic rings. The maximum Gasteiger partial charge on any atom is 0.279 e. The summed E-state index contributed by atoms with van der Waals surface area (Å²) in [5.74, 6) is -0.346. The Morgan fingerprint density at radius 1 is 1.26 bits per heavy atom. The molecule has 0 radical (unpaired) electrons. The highest BCUT2D eigenvalue weighted by Gasteiger charge is 2.13. The third-order valence-electron chi connectivity index (χ3n) is 4.04. The molecular formula is C19H19N3O4S. The number of carbonyl (C=O) groups is 1. The fourth-order valence-corrected chi connectivity index (χ4v) is 3.65. The highest BCUT2D eigenvalue weighted by Crippen LogP contribution is 2.23. The molecule has 0 unspecified atom stereocenters. The predicted molar refractivity (Wildman–Crippen MR) is 104 cm³/mol. The van der Waals surface area contributed by atoms with E-state index in [4.69, 9.17) is 4.74 Å². The molecule has 2 aromatic carbocycles. The lowest BCUT2D eigenvalue weighted by Crippen LogP contribution is -2.19. The van der Waals surface area contributed by atoms with Crippen LogP contribution in [0.2, 0.25) is 0 Å². The highest BCUT2D eigenvalue weighted by molar-refractivity contribution is 7.16. The van der Waals surface area contributed by atoms with Crippen LogP contribution in [0, 0.1) is 17.0 Å². The normalized spacial score (nSPS) is 11.9. The molecule has 1 aromatic heterocycles. The van der Waals surface area contributed by atoms with Gasteiger partial charge in [-0.05, 0) is 32.0 Å². The average Bonchev–Trinajstić information content (AvgIpc) is 2.99. The first-order valence-corrected chi connectivity index (χ1v) is 9.32. The SMILES string of the molecule is CCOCCn1c(=NC(=O)c2ccc(C)cc2)sc2ccc([N+](=O)[O-])cc21. The molecule has 0 bridgehead atoms. The fourth-order valence-electron chi connectivity index (χ4n) is 2.62. The Bertz CT molecular complexity index is 1050. The summed E-state index contributed by atoms with van der Waals surface area (Å²) >= 11 is 1.33. The number of thiazole rings is 1. The number of hydrogen-bond acceptors (Lipinski definition) is 5. The smallest absolute Gasteiger partial charge is 0.279 e. The lowest BCUT2D eigenvalue weighted by atomic mass is 10.1. The summed E-state index contributed by atoms with van der Waals surface area (Å²) in [5.41, 5.74) is 2.24. The van der Waals surface area contributed by atoms with Gasteiger partial charge in [-0.1, -0.05) is 29.0 Å². The molecule has 0 atom stereocenters. The number of nitro groups is 1. The Kier molecular flexibility index (Phi) is 5.78. The van der Waals surface area contributed by atoms with Crippen molar-refractivity contribution in [2.45, 2.75) is 20.4 Å². The fraction of sp³-hybridized carbons (Fsp3) is 0.263. The molecule has 0 saturated heterocycles. The molecule has 8 heteroatoms. The van der Waals surface area contributed by atoms with Crippen molar-refractivity contribution >= 4 is 33.1 Å². The van der Waals surface area contributed by atoms with E-state index in [-0.39, 0.29) is 11.6 Å². The van der Waals surface area contributed by atoms with Crippen molar-refractivity contribution in [2.24, 2.45) is 4.99 Å². The van der Waals surface area contributed by atoms with Crippen LogP contribution in [-0.4, -0.2) is 28.6 Å². The predicted octanol–water partition coefficient (Wildman–Crippen LogP) is 3.70. The summed E-state index contributed by atoms with van der Waals surface area (Å²) < 4.78 is 8.04. The Labute approximate surface area is 159 Å². The first-order chi connectivity index (χ1) is 13.0. The van der Waals surface area contributed by atoms with E-state index in [9.17, 15) is 14.9 Å². The maximum atomic E-state index is 12.5. The second-order valence-corrected chi connectivity index (χ2v) is 6.93. The lowest BCUT2D eigenvalue weighted by Gasteiger charge is -2.05. The third kappa shape index (κ3) is 4.29. The van der Waals surface area contributed by atoms with Crippen LogP contribution in [0.4, 0.5) is 5.69 Å². The van der Waals surface area contributed by atoms with Crippen LogP contribution in [0.15, 0.2) is 47.5 Å². The summed E-state index contributed by atoms with van der Waals surface area (Å²) in [5, 5.41) is 11.1. The minimum atomic E-state index is -0.432. The quantitative estimate of drug-likeness (QED) is 0.368. The monoisotopic (exact) mass is 385 g/mol. The van der Waals surface area contributed by atoms with Crippen molar-refractivity contribution < 1.29 is 14.5 Å². The molecule has 0 spiro atoms. The van der Waals surface area contributed by atoms with E-state index < -0.39 is 4.92 Å². The van der Waals surface area contributed by atoms with Crippen molar-refractivity contribution in [1.29, 1.82) is 0 Å². The van der Waals surface area contributed by atoms with E-state index in [1.165, 1.54) is 23.5 Å². The van der Waals surface area contributed by atoms with Crippen molar-refractivity contribution in [3.8, 4) is 0 Å². The Balaban J connectivity index is 2.09. The summed E-state index contributed by atoms with van der Waals surface area (Å²) in [6.07, 6.45) is 0. The van der Waals surface area contributed by atoms with Crippen molar-refractivity contribution in [3.05, 3.63) is 68.5 Å². The van der Waals surface area contributed by atoms with Gasteiger partial charge in [0, 0.05) is 30.8 Å². The molecule has 27 heavy (non-hydrogen) atoms. The number of nitro benzene ring substituents is 1. The molecule has 140 valence electrons. The molecular weight excluding hydrogens is 366 g/mol. The molecule has 0 saturated carbocycles. The Morgan fingerprint density at radius 2 is 2.00 bits per heavy atom. The van der Waals surface area contributed by atoms with Gasteiger partial charge in [-0.2, -0.15) is 4.99 Å². The number of aromatic nitrogens is 1. The van der Waals surface area contributed by atoms with Crippen LogP contribution in [0.3, 0.4) is 0 Å². The second-order valence-electron chi connectivity index (χ2n) is 5.93. The van der Waals surface area contributed by atoms with Gasteiger partial charge in [0.2, 0.25) is 0 Å². The molecule has 0 aliphatic carbocycles. The Hall–Kier alpha value is -2.84. The van der Waals surface area contributed by atoms with Gasteiger partial charge in [0.15, 0.2) is 4.80 Å². The van der Waals surface area contributed by atoms with E-state index in [1.807, 2.05) is 26.0 Å². The van der Waals surface area contributed by atoms with Crippen LogP contribution in [0.5, 0.6) is 0 Å². The van der Waals surface area contributed by atoms with Gasteiger partial charge >= 0.3 is 0 Å².